The molecule has 7 rings (SSSR count). The minimum Gasteiger partial charge on any atom is -0.452 e. The number of esters is 2. The van der Waals surface area contributed by atoms with Gasteiger partial charge in [0.1, 0.15) is 17.8 Å². The second-order valence-corrected chi connectivity index (χ2v) is 15.2. The lowest BCUT2D eigenvalue weighted by molar-refractivity contribution is -0.292. The number of benzene rings is 6. The van der Waals surface area contributed by atoms with Gasteiger partial charge >= 0.3 is 11.9 Å². The van der Waals surface area contributed by atoms with Gasteiger partial charge in [0.25, 0.3) is 10.1 Å². The quantitative estimate of drug-likeness (QED) is 0.0611. The molecule has 0 aromatic heterocycles. The van der Waals surface area contributed by atoms with Crippen LogP contribution in [0.5, 0.6) is 0 Å². The molecule has 1 aliphatic heterocycles. The van der Waals surface area contributed by atoms with Crippen LogP contribution >= 0.6 is 0 Å². The van der Waals surface area contributed by atoms with Gasteiger partial charge in [-0.05, 0) is 60.0 Å². The van der Waals surface area contributed by atoms with Gasteiger partial charge in [-0.15, -0.1) is 0 Å². The molecule has 0 saturated carbocycles. The molecule has 0 amide bonds. The van der Waals surface area contributed by atoms with Crippen LogP contribution in [0.25, 0.3) is 0 Å². The first-order valence-electron chi connectivity index (χ1n) is 18.7. The maximum atomic E-state index is 14.2. The van der Waals surface area contributed by atoms with Crippen LogP contribution in [-0.4, -0.2) is 64.8 Å². The Balaban J connectivity index is 1.36. The lowest BCUT2D eigenvalue weighted by Crippen LogP contribution is -2.63. The number of hydrogen-bond donors (Lipinski definition) is 0. The van der Waals surface area contributed by atoms with Crippen molar-refractivity contribution in [2.45, 2.75) is 48.1 Å². The summed E-state index contributed by atoms with van der Waals surface area (Å²) in [6.45, 7) is 1.50. The Morgan fingerprint density at radius 1 is 0.569 bits per heavy atom. The molecule has 0 N–H and O–H groups in total. The first kappa shape index (κ1) is 40.3. The van der Waals surface area contributed by atoms with E-state index < -0.39 is 58.4 Å². The third-order valence-electron chi connectivity index (χ3n) is 9.88. The molecule has 0 radical (unpaired) electrons. The largest absolute Gasteiger partial charge is 0.452 e. The highest BCUT2D eigenvalue weighted by atomic mass is 32.2. The van der Waals surface area contributed by atoms with Crippen molar-refractivity contribution in [3.05, 3.63) is 209 Å². The summed E-state index contributed by atoms with van der Waals surface area (Å²) in [5.74, 6) is -1.61. The highest BCUT2D eigenvalue weighted by Crippen LogP contribution is 2.42. The van der Waals surface area contributed by atoms with E-state index in [0.29, 0.717) is 0 Å². The van der Waals surface area contributed by atoms with E-state index >= 15 is 0 Å². The van der Waals surface area contributed by atoms with Gasteiger partial charge in [-0.1, -0.05) is 145 Å². The molecule has 58 heavy (non-hydrogen) atoms. The summed E-state index contributed by atoms with van der Waals surface area (Å²) < 4.78 is 66.2. The first-order chi connectivity index (χ1) is 28.2. The highest BCUT2D eigenvalue weighted by molar-refractivity contribution is 7.86. The third-order valence-corrected chi connectivity index (χ3v) is 11.2. The van der Waals surface area contributed by atoms with Crippen molar-refractivity contribution in [3.8, 4) is 0 Å². The second kappa shape index (κ2) is 18.1. The van der Waals surface area contributed by atoms with Gasteiger partial charge in [0.05, 0.1) is 22.6 Å². The maximum absolute atomic E-state index is 14.2. The van der Waals surface area contributed by atoms with E-state index in [1.165, 1.54) is 19.2 Å². The molecule has 6 aromatic rings. The van der Waals surface area contributed by atoms with Crippen LogP contribution < -0.4 is 0 Å². The standard InChI is InChI=1S/C47H42O10S/c1-33-28-30-39(31-29-33)58(50,51)57-41-40(32-53-47(36-22-12-5-13-23-36,37-24-14-6-15-25-37)38-26-16-7-17-27-38)54-46(52-2)43(56-45(49)35-20-10-4-11-21-35)42(41)55-44(48)34-18-8-3-9-19-34/h3-31,40-43,46H,32H2,1-2H3/t40-,41-,42+,43-,46+/m1/s1. The molecule has 10 nitrogen and oxygen atoms in total. The van der Waals surface area contributed by atoms with Gasteiger partial charge in [0.15, 0.2) is 18.5 Å². The molecular formula is C47H42O10S. The van der Waals surface area contributed by atoms with Crippen LogP contribution in [0.15, 0.2) is 181 Å². The van der Waals surface area contributed by atoms with Crippen molar-refractivity contribution in [2.24, 2.45) is 0 Å². The first-order valence-corrected chi connectivity index (χ1v) is 20.1. The predicted molar refractivity (Wildman–Crippen MR) is 215 cm³/mol. The van der Waals surface area contributed by atoms with Gasteiger partial charge in [-0.25, -0.2) is 9.59 Å². The van der Waals surface area contributed by atoms with Crippen LogP contribution in [0.2, 0.25) is 0 Å². The molecule has 11 heteroatoms. The summed E-state index contributed by atoms with van der Waals surface area (Å²) in [6, 6.07) is 51.3. The van der Waals surface area contributed by atoms with Crippen molar-refractivity contribution in [1.82, 2.24) is 0 Å². The Kier molecular flexibility index (Phi) is 12.6. The Labute approximate surface area is 338 Å². The van der Waals surface area contributed by atoms with Crippen molar-refractivity contribution >= 4 is 22.1 Å². The van der Waals surface area contributed by atoms with Gasteiger partial charge in [-0.3, -0.25) is 4.18 Å². The topological polar surface area (TPSA) is 124 Å². The molecule has 1 aliphatic rings. The van der Waals surface area contributed by atoms with E-state index in [2.05, 4.69) is 0 Å². The number of ether oxygens (including phenoxy) is 5. The van der Waals surface area contributed by atoms with E-state index in [1.54, 1.807) is 72.8 Å². The van der Waals surface area contributed by atoms with Crippen LogP contribution in [-0.2, 0) is 43.6 Å². The summed E-state index contributed by atoms with van der Waals surface area (Å²) in [5, 5.41) is 0. The Morgan fingerprint density at radius 2 is 0.983 bits per heavy atom. The average molecular weight is 799 g/mol. The van der Waals surface area contributed by atoms with E-state index in [0.717, 1.165) is 22.3 Å². The molecule has 0 aliphatic carbocycles. The summed E-state index contributed by atoms with van der Waals surface area (Å²) in [7, 11) is -3.25. The minimum atomic E-state index is -4.59. The predicted octanol–water partition coefficient (Wildman–Crippen LogP) is 7.90. The highest BCUT2D eigenvalue weighted by Gasteiger charge is 2.54. The number of rotatable bonds is 14. The zero-order chi connectivity index (χ0) is 40.5. The van der Waals surface area contributed by atoms with Gasteiger partial charge < -0.3 is 23.7 Å². The van der Waals surface area contributed by atoms with Crippen molar-refractivity contribution in [3.63, 3.8) is 0 Å². The molecule has 6 aromatic carbocycles. The van der Waals surface area contributed by atoms with Crippen molar-refractivity contribution < 1.29 is 45.9 Å². The fourth-order valence-electron chi connectivity index (χ4n) is 6.99. The summed E-state index contributed by atoms with van der Waals surface area (Å²) in [4.78, 5) is 27.5. The fourth-order valence-corrected chi connectivity index (χ4v) is 8.10. The lowest BCUT2D eigenvalue weighted by Gasteiger charge is -2.45. The third kappa shape index (κ3) is 8.79. The molecule has 1 heterocycles. The summed E-state index contributed by atoms with van der Waals surface area (Å²) in [5.41, 5.74) is 2.26. The van der Waals surface area contributed by atoms with Crippen molar-refractivity contribution in [1.29, 1.82) is 0 Å². The van der Waals surface area contributed by atoms with E-state index in [4.69, 9.17) is 27.9 Å². The SMILES string of the molecule is CO[C@H]1O[C@H](COC(c2ccccc2)(c2ccccc2)c2ccccc2)[C@@H](OS(=O)(=O)c2ccc(C)cc2)[C@H](OC(=O)c2ccccc2)[C@H]1OC(=O)c1ccccc1. The van der Waals surface area contributed by atoms with E-state index in [9.17, 15) is 18.0 Å². The Hall–Kier alpha value is -5.95. The maximum Gasteiger partial charge on any atom is 0.338 e. The van der Waals surface area contributed by atoms with E-state index in [-0.39, 0.29) is 22.6 Å². The summed E-state index contributed by atoms with van der Waals surface area (Å²) >= 11 is 0. The molecule has 1 saturated heterocycles. The molecule has 0 unspecified atom stereocenters. The number of hydrogen-bond acceptors (Lipinski definition) is 10. The van der Waals surface area contributed by atoms with Crippen LogP contribution in [0, 0.1) is 6.92 Å². The Morgan fingerprint density at radius 3 is 1.41 bits per heavy atom. The number of methoxy groups -OCH3 is 1. The molecular weight excluding hydrogens is 757 g/mol. The number of aryl methyl sites for hydroxylation is 1. The van der Waals surface area contributed by atoms with Crippen LogP contribution in [0.4, 0.5) is 0 Å². The van der Waals surface area contributed by atoms with Gasteiger partial charge in [-0.2, -0.15) is 8.42 Å². The van der Waals surface area contributed by atoms with Crippen LogP contribution in [0.1, 0.15) is 43.0 Å². The van der Waals surface area contributed by atoms with Gasteiger partial charge in [0.2, 0.25) is 0 Å². The molecule has 0 spiro atoms. The molecule has 296 valence electrons. The van der Waals surface area contributed by atoms with Crippen LogP contribution in [0.3, 0.4) is 0 Å². The smallest absolute Gasteiger partial charge is 0.338 e. The zero-order valence-electron chi connectivity index (χ0n) is 31.8. The number of carbonyl (C=O) groups is 2. The minimum absolute atomic E-state index is 0.148. The fraction of sp³-hybridized carbons (Fsp3) is 0.191. The van der Waals surface area contributed by atoms with Crippen molar-refractivity contribution in [2.75, 3.05) is 13.7 Å². The molecule has 1 fully saturated rings. The van der Waals surface area contributed by atoms with E-state index in [1.807, 2.05) is 97.9 Å². The molecule has 0 bridgehead atoms. The average Bonchev–Trinajstić information content (AvgIpc) is 3.27. The number of carbonyl (C=O) groups excluding carboxylic acids is 2. The normalized spacial score (nSPS) is 19.5. The summed E-state index contributed by atoms with van der Waals surface area (Å²) in [6.07, 6.45) is -7.44. The molecule has 5 atom stereocenters. The second-order valence-electron chi connectivity index (χ2n) is 13.7. The monoisotopic (exact) mass is 798 g/mol. The lowest BCUT2D eigenvalue weighted by atomic mass is 9.80. The van der Waals surface area contributed by atoms with Gasteiger partial charge in [0, 0.05) is 7.11 Å². The zero-order valence-corrected chi connectivity index (χ0v) is 32.6. The Bertz CT molecular complexity index is 2260.